The SMILES string of the molecule is O=C(NS(=O)(=O)c1ccccc1)c1cccc(C[C@H]2CCc3ccc(OCc4ccc5ccccc5n4)cc3[C@H]2O)c1. The highest BCUT2D eigenvalue weighted by molar-refractivity contribution is 7.90. The number of hydrogen-bond donors (Lipinski definition) is 2. The molecule has 4 aromatic carbocycles. The van der Waals surface area contributed by atoms with Crippen LogP contribution in [0.25, 0.3) is 10.9 Å². The number of amides is 1. The summed E-state index contributed by atoms with van der Waals surface area (Å²) in [6.45, 7) is 0.317. The molecule has 0 saturated heterocycles. The first-order valence-corrected chi connectivity index (χ1v) is 15.3. The van der Waals surface area contributed by atoms with E-state index in [1.165, 1.54) is 12.1 Å². The van der Waals surface area contributed by atoms with Crippen LogP contribution in [0.15, 0.2) is 114 Å². The molecule has 212 valence electrons. The molecule has 0 aliphatic heterocycles. The molecular formula is C34H30N2O5S. The monoisotopic (exact) mass is 578 g/mol. The number of aryl methyl sites for hydroxylation is 1. The quantitative estimate of drug-likeness (QED) is 0.242. The van der Waals surface area contributed by atoms with Crippen molar-refractivity contribution in [3.8, 4) is 5.75 Å². The van der Waals surface area contributed by atoms with Crippen molar-refractivity contribution in [3.63, 3.8) is 0 Å². The highest BCUT2D eigenvalue weighted by Crippen LogP contribution is 2.38. The second-order valence-electron chi connectivity index (χ2n) is 10.5. The van der Waals surface area contributed by atoms with Gasteiger partial charge in [0.2, 0.25) is 0 Å². The van der Waals surface area contributed by atoms with Gasteiger partial charge in [-0.25, -0.2) is 18.1 Å². The first kappa shape index (κ1) is 27.6. The maximum atomic E-state index is 12.8. The molecule has 1 aliphatic rings. The number of fused-ring (bicyclic) bond motifs is 2. The number of aromatic nitrogens is 1. The van der Waals surface area contributed by atoms with Crippen molar-refractivity contribution in [1.82, 2.24) is 9.71 Å². The van der Waals surface area contributed by atoms with Crippen LogP contribution in [0, 0.1) is 5.92 Å². The summed E-state index contributed by atoms with van der Waals surface area (Å²) in [5.41, 5.74) is 4.77. The summed E-state index contributed by atoms with van der Waals surface area (Å²) in [6.07, 6.45) is 1.44. The van der Waals surface area contributed by atoms with E-state index in [4.69, 9.17) is 4.74 Å². The van der Waals surface area contributed by atoms with Crippen LogP contribution in [-0.2, 0) is 29.5 Å². The molecule has 42 heavy (non-hydrogen) atoms. The Morgan fingerprint density at radius 3 is 2.57 bits per heavy atom. The number of nitrogens with zero attached hydrogens (tertiary/aromatic N) is 1. The second-order valence-corrected chi connectivity index (χ2v) is 12.2. The molecule has 0 radical (unpaired) electrons. The summed E-state index contributed by atoms with van der Waals surface area (Å²) in [5, 5.41) is 12.4. The van der Waals surface area contributed by atoms with Gasteiger partial charge in [-0.05, 0) is 90.4 Å². The van der Waals surface area contributed by atoms with Crippen molar-refractivity contribution in [2.45, 2.75) is 36.9 Å². The maximum absolute atomic E-state index is 12.8. The molecule has 0 fully saturated rings. The lowest BCUT2D eigenvalue weighted by atomic mass is 9.78. The standard InChI is InChI=1S/C34H30N2O5S/c37-33-26(19-23-7-6-9-27(20-23)34(38)36-42(39,40)30-10-2-1-3-11-30)14-13-24-16-18-29(21-31(24)33)41-22-28-17-15-25-8-4-5-12-32(25)35-28/h1-12,15-18,20-21,26,33,37H,13-14,19,22H2,(H,36,38)/t26-,33+/m1/s1. The number of ether oxygens (including phenoxy) is 1. The Balaban J connectivity index is 1.12. The molecule has 8 heteroatoms. The van der Waals surface area contributed by atoms with Crippen molar-refractivity contribution in [1.29, 1.82) is 0 Å². The Kier molecular flexibility index (Phi) is 7.73. The number of aliphatic hydroxyl groups excluding tert-OH is 1. The summed E-state index contributed by atoms with van der Waals surface area (Å²) in [6, 6.07) is 32.5. The van der Waals surface area contributed by atoms with Gasteiger partial charge in [0.25, 0.3) is 15.9 Å². The van der Waals surface area contributed by atoms with Gasteiger partial charge in [0.15, 0.2) is 0 Å². The molecular weight excluding hydrogens is 548 g/mol. The third-order valence-electron chi connectivity index (χ3n) is 7.68. The van der Waals surface area contributed by atoms with Gasteiger partial charge in [-0.15, -0.1) is 0 Å². The molecule has 6 rings (SSSR count). The summed E-state index contributed by atoms with van der Waals surface area (Å²) in [5.74, 6) is -0.0964. The molecule has 7 nitrogen and oxygen atoms in total. The molecule has 0 saturated carbocycles. The van der Waals surface area contributed by atoms with Crippen LogP contribution < -0.4 is 9.46 Å². The number of aliphatic hydroxyl groups is 1. The van der Waals surface area contributed by atoms with Crippen molar-refractivity contribution in [3.05, 3.63) is 137 Å². The fourth-order valence-corrected chi connectivity index (χ4v) is 6.46. The Hall–Kier alpha value is -4.53. The van der Waals surface area contributed by atoms with Gasteiger partial charge in [-0.2, -0.15) is 0 Å². The summed E-state index contributed by atoms with van der Waals surface area (Å²) in [7, 11) is -3.98. The second kappa shape index (κ2) is 11.8. The number of benzene rings is 4. The van der Waals surface area contributed by atoms with Crippen molar-refractivity contribution in [2.24, 2.45) is 5.92 Å². The van der Waals surface area contributed by atoms with Crippen LogP contribution >= 0.6 is 0 Å². The smallest absolute Gasteiger partial charge is 0.265 e. The van der Waals surface area contributed by atoms with E-state index in [0.29, 0.717) is 18.8 Å². The lowest BCUT2D eigenvalue weighted by Gasteiger charge is -2.30. The van der Waals surface area contributed by atoms with E-state index in [-0.39, 0.29) is 16.4 Å². The summed E-state index contributed by atoms with van der Waals surface area (Å²) >= 11 is 0. The number of nitrogens with one attached hydrogen (secondary N) is 1. The van der Waals surface area contributed by atoms with Crippen LogP contribution in [0.3, 0.4) is 0 Å². The Bertz CT molecular complexity index is 1860. The maximum Gasteiger partial charge on any atom is 0.265 e. The average Bonchev–Trinajstić information content (AvgIpc) is 3.02. The zero-order chi connectivity index (χ0) is 29.1. The van der Waals surface area contributed by atoms with E-state index in [1.54, 1.807) is 36.4 Å². The number of carbonyl (C=O) groups excluding carboxylic acids is 1. The van der Waals surface area contributed by atoms with Crippen LogP contribution in [0.2, 0.25) is 0 Å². The third-order valence-corrected chi connectivity index (χ3v) is 9.02. The third kappa shape index (κ3) is 6.05. The van der Waals surface area contributed by atoms with E-state index < -0.39 is 22.0 Å². The zero-order valence-electron chi connectivity index (χ0n) is 22.8. The van der Waals surface area contributed by atoms with E-state index in [1.807, 2.05) is 60.7 Å². The molecule has 2 N–H and O–H groups in total. The molecule has 5 aromatic rings. The van der Waals surface area contributed by atoms with Gasteiger partial charge in [0, 0.05) is 10.9 Å². The summed E-state index contributed by atoms with van der Waals surface area (Å²) < 4.78 is 33.4. The molecule has 1 aromatic heterocycles. The molecule has 0 bridgehead atoms. The lowest BCUT2D eigenvalue weighted by Crippen LogP contribution is -2.30. The minimum absolute atomic E-state index is 0.0235. The minimum atomic E-state index is -3.98. The van der Waals surface area contributed by atoms with Gasteiger partial charge in [0.1, 0.15) is 12.4 Å². The van der Waals surface area contributed by atoms with Crippen LogP contribution in [0.4, 0.5) is 0 Å². The van der Waals surface area contributed by atoms with E-state index in [0.717, 1.165) is 46.1 Å². The average molecular weight is 579 g/mol. The largest absolute Gasteiger partial charge is 0.487 e. The lowest BCUT2D eigenvalue weighted by molar-refractivity contribution is 0.0932. The van der Waals surface area contributed by atoms with Gasteiger partial charge >= 0.3 is 0 Å². The van der Waals surface area contributed by atoms with Crippen molar-refractivity contribution < 1.29 is 23.1 Å². The molecule has 1 aliphatic carbocycles. The predicted molar refractivity (Wildman–Crippen MR) is 161 cm³/mol. The molecule has 1 heterocycles. The van der Waals surface area contributed by atoms with E-state index >= 15 is 0 Å². The highest BCUT2D eigenvalue weighted by atomic mass is 32.2. The molecule has 1 amide bonds. The van der Waals surface area contributed by atoms with E-state index in [2.05, 4.69) is 9.71 Å². The molecule has 0 unspecified atom stereocenters. The normalized spacial score (nSPS) is 16.5. The Morgan fingerprint density at radius 2 is 1.71 bits per heavy atom. The molecule has 0 spiro atoms. The fraction of sp³-hybridized carbons (Fsp3) is 0.176. The molecule has 2 atom stereocenters. The van der Waals surface area contributed by atoms with Crippen LogP contribution in [-0.4, -0.2) is 24.4 Å². The Morgan fingerprint density at radius 1 is 0.905 bits per heavy atom. The van der Waals surface area contributed by atoms with Gasteiger partial charge < -0.3 is 9.84 Å². The minimum Gasteiger partial charge on any atom is -0.487 e. The first-order valence-electron chi connectivity index (χ1n) is 13.9. The number of sulfonamides is 1. The van der Waals surface area contributed by atoms with Crippen molar-refractivity contribution >= 4 is 26.8 Å². The number of rotatable bonds is 8. The van der Waals surface area contributed by atoms with Crippen molar-refractivity contribution in [2.75, 3.05) is 0 Å². The number of para-hydroxylation sites is 1. The van der Waals surface area contributed by atoms with Gasteiger partial charge in [0.05, 0.1) is 22.2 Å². The first-order chi connectivity index (χ1) is 20.4. The number of carbonyl (C=O) groups is 1. The fourth-order valence-electron chi connectivity index (χ4n) is 5.46. The van der Waals surface area contributed by atoms with Crippen LogP contribution in [0.5, 0.6) is 5.75 Å². The zero-order valence-corrected chi connectivity index (χ0v) is 23.6. The van der Waals surface area contributed by atoms with E-state index in [9.17, 15) is 18.3 Å². The number of pyridine rings is 1. The summed E-state index contributed by atoms with van der Waals surface area (Å²) in [4.78, 5) is 17.5. The predicted octanol–water partition coefficient (Wildman–Crippen LogP) is 5.77. The number of hydrogen-bond acceptors (Lipinski definition) is 6. The highest BCUT2D eigenvalue weighted by Gasteiger charge is 2.29. The van der Waals surface area contributed by atoms with Crippen LogP contribution in [0.1, 0.15) is 45.3 Å². The van der Waals surface area contributed by atoms with Gasteiger partial charge in [-0.1, -0.05) is 60.7 Å². The Labute approximate surface area is 244 Å². The van der Waals surface area contributed by atoms with Gasteiger partial charge in [-0.3, -0.25) is 4.79 Å². The topological polar surface area (TPSA) is 106 Å².